The van der Waals surface area contributed by atoms with Gasteiger partial charge in [-0.2, -0.15) is 22.3 Å². The highest BCUT2D eigenvalue weighted by Crippen LogP contribution is 2.31. The minimum absolute atomic E-state index is 0.198. The normalized spacial score (nSPS) is 20.6. The second kappa shape index (κ2) is 7.00. The van der Waals surface area contributed by atoms with E-state index >= 15 is 0 Å². The van der Waals surface area contributed by atoms with Crippen molar-refractivity contribution in [2.75, 3.05) is 20.1 Å². The average Bonchev–Trinajstić information content (AvgIpc) is 2.96. The van der Waals surface area contributed by atoms with E-state index in [4.69, 9.17) is 5.26 Å². The van der Waals surface area contributed by atoms with Gasteiger partial charge in [-0.3, -0.25) is 0 Å². The van der Waals surface area contributed by atoms with Crippen molar-refractivity contribution in [3.05, 3.63) is 34.9 Å². The number of hydrogen-bond donors (Lipinski definition) is 0. The summed E-state index contributed by atoms with van der Waals surface area (Å²) in [5.74, 6) is 0.239. The topological polar surface area (TPSA) is 64.4 Å². The van der Waals surface area contributed by atoms with Gasteiger partial charge in [-0.15, -0.1) is 0 Å². The predicted octanol–water partition coefficient (Wildman–Crippen LogP) is 2.57. The monoisotopic (exact) mass is 335 g/mol. The van der Waals surface area contributed by atoms with Gasteiger partial charge in [0.1, 0.15) is 0 Å². The summed E-state index contributed by atoms with van der Waals surface area (Å²) in [4.78, 5) is 0. The SMILES string of the molecule is Cc1cc(C)cc([C@H]2CCN(S(=O)(=O)N(C)[C@@H](C)CC#N)C2)c1. The lowest BCUT2D eigenvalue weighted by molar-refractivity contribution is 0.347. The van der Waals surface area contributed by atoms with E-state index in [0.29, 0.717) is 13.1 Å². The van der Waals surface area contributed by atoms with Crippen LogP contribution in [0.5, 0.6) is 0 Å². The zero-order valence-corrected chi connectivity index (χ0v) is 15.1. The molecule has 0 radical (unpaired) electrons. The van der Waals surface area contributed by atoms with E-state index in [0.717, 1.165) is 6.42 Å². The number of benzene rings is 1. The van der Waals surface area contributed by atoms with Gasteiger partial charge in [-0.25, -0.2) is 0 Å². The zero-order chi connectivity index (χ0) is 17.2. The van der Waals surface area contributed by atoms with Crippen LogP contribution in [0.15, 0.2) is 18.2 Å². The van der Waals surface area contributed by atoms with Crippen molar-refractivity contribution in [1.29, 1.82) is 5.26 Å². The number of nitrogens with zero attached hydrogens (tertiary/aromatic N) is 3. The molecule has 1 saturated heterocycles. The molecule has 1 fully saturated rings. The Labute approximate surface area is 139 Å². The van der Waals surface area contributed by atoms with Crippen LogP contribution in [0.3, 0.4) is 0 Å². The molecular formula is C17H25N3O2S. The third-order valence-electron chi connectivity index (χ3n) is 4.56. The molecule has 23 heavy (non-hydrogen) atoms. The Kier molecular flexibility index (Phi) is 5.45. The van der Waals surface area contributed by atoms with Gasteiger partial charge in [0.05, 0.1) is 12.5 Å². The van der Waals surface area contributed by atoms with Crippen molar-refractivity contribution in [3.8, 4) is 6.07 Å². The van der Waals surface area contributed by atoms with Crippen molar-refractivity contribution < 1.29 is 8.42 Å². The molecule has 1 aliphatic heterocycles. The maximum Gasteiger partial charge on any atom is 0.282 e. The standard InChI is InChI=1S/C17H25N3O2S/c1-13-9-14(2)11-17(10-13)16-6-8-20(12-16)23(21,22)19(4)15(3)5-7-18/h9-11,15-16H,5-6,8,12H2,1-4H3/t15-,16-/m0/s1. The van der Waals surface area contributed by atoms with Gasteiger partial charge in [0.15, 0.2) is 0 Å². The summed E-state index contributed by atoms with van der Waals surface area (Å²) in [6.45, 7) is 6.94. The Hall–Kier alpha value is -1.42. The van der Waals surface area contributed by atoms with Crippen molar-refractivity contribution in [2.45, 2.75) is 45.6 Å². The van der Waals surface area contributed by atoms with E-state index < -0.39 is 10.2 Å². The van der Waals surface area contributed by atoms with E-state index in [1.165, 1.54) is 21.0 Å². The van der Waals surface area contributed by atoms with Crippen LogP contribution in [0.4, 0.5) is 0 Å². The fourth-order valence-electron chi connectivity index (χ4n) is 3.13. The highest BCUT2D eigenvalue weighted by atomic mass is 32.2. The van der Waals surface area contributed by atoms with Gasteiger partial charge in [0.25, 0.3) is 10.2 Å². The lowest BCUT2D eigenvalue weighted by atomic mass is 9.95. The molecule has 0 spiro atoms. The van der Waals surface area contributed by atoms with E-state index in [2.05, 4.69) is 32.0 Å². The van der Waals surface area contributed by atoms with Crippen molar-refractivity contribution in [1.82, 2.24) is 8.61 Å². The summed E-state index contributed by atoms with van der Waals surface area (Å²) in [5.41, 5.74) is 3.63. The number of rotatable bonds is 5. The van der Waals surface area contributed by atoms with Gasteiger partial charge in [-0.1, -0.05) is 29.3 Å². The lowest BCUT2D eigenvalue weighted by Gasteiger charge is -2.27. The largest absolute Gasteiger partial charge is 0.282 e. The third kappa shape index (κ3) is 3.92. The number of hydrogen-bond acceptors (Lipinski definition) is 3. The first-order chi connectivity index (χ1) is 10.8. The molecule has 1 heterocycles. The summed E-state index contributed by atoms with van der Waals surface area (Å²) < 4.78 is 28.3. The fraction of sp³-hybridized carbons (Fsp3) is 0.588. The maximum atomic E-state index is 12.7. The second-order valence-corrected chi connectivity index (χ2v) is 8.49. The Bertz CT molecular complexity index is 689. The molecule has 0 bridgehead atoms. The van der Waals surface area contributed by atoms with Crippen molar-refractivity contribution in [3.63, 3.8) is 0 Å². The fourth-order valence-corrected chi connectivity index (χ4v) is 4.72. The Morgan fingerprint density at radius 1 is 1.35 bits per heavy atom. The van der Waals surface area contributed by atoms with Crippen LogP contribution in [0.25, 0.3) is 0 Å². The van der Waals surface area contributed by atoms with Crippen LogP contribution in [-0.4, -0.2) is 43.2 Å². The summed E-state index contributed by atoms with van der Waals surface area (Å²) in [6, 6.07) is 8.15. The van der Waals surface area contributed by atoms with E-state index in [1.807, 2.05) is 6.07 Å². The minimum atomic E-state index is -3.51. The number of aryl methyl sites for hydroxylation is 2. The first-order valence-electron chi connectivity index (χ1n) is 7.94. The summed E-state index contributed by atoms with van der Waals surface area (Å²) in [7, 11) is -1.95. The van der Waals surface area contributed by atoms with Crippen molar-refractivity contribution >= 4 is 10.2 Å². The molecule has 0 aromatic heterocycles. The molecule has 0 unspecified atom stereocenters. The molecule has 5 nitrogen and oxygen atoms in total. The van der Waals surface area contributed by atoms with E-state index in [9.17, 15) is 8.42 Å². The molecule has 6 heteroatoms. The van der Waals surface area contributed by atoms with Gasteiger partial charge < -0.3 is 0 Å². The first kappa shape index (κ1) is 17.9. The minimum Gasteiger partial charge on any atom is -0.198 e. The van der Waals surface area contributed by atoms with Crippen LogP contribution in [0.2, 0.25) is 0 Å². The summed E-state index contributed by atoms with van der Waals surface area (Å²) in [5, 5.41) is 8.77. The molecule has 126 valence electrons. The molecule has 0 saturated carbocycles. The van der Waals surface area contributed by atoms with Crippen LogP contribution in [-0.2, 0) is 10.2 Å². The molecule has 0 aliphatic carbocycles. The van der Waals surface area contributed by atoms with Gasteiger partial charge in [0.2, 0.25) is 0 Å². The van der Waals surface area contributed by atoms with Crippen LogP contribution >= 0.6 is 0 Å². The molecule has 2 atom stereocenters. The zero-order valence-electron chi connectivity index (χ0n) is 14.3. The summed E-state index contributed by atoms with van der Waals surface area (Å²) >= 11 is 0. The van der Waals surface area contributed by atoms with Crippen LogP contribution in [0.1, 0.15) is 42.4 Å². The second-order valence-electron chi connectivity index (χ2n) is 6.50. The predicted molar refractivity (Wildman–Crippen MR) is 91.2 cm³/mol. The van der Waals surface area contributed by atoms with E-state index in [1.54, 1.807) is 18.3 Å². The highest BCUT2D eigenvalue weighted by Gasteiger charge is 2.36. The smallest absolute Gasteiger partial charge is 0.198 e. The summed E-state index contributed by atoms with van der Waals surface area (Å²) in [6.07, 6.45) is 1.03. The molecule has 0 N–H and O–H groups in total. The molecule has 0 amide bonds. The third-order valence-corrected chi connectivity index (χ3v) is 6.64. The first-order valence-corrected chi connectivity index (χ1v) is 9.33. The Balaban J connectivity index is 2.14. The van der Waals surface area contributed by atoms with Crippen LogP contribution in [0, 0.1) is 25.2 Å². The maximum absolute atomic E-state index is 12.7. The molecule has 1 aliphatic rings. The Morgan fingerprint density at radius 3 is 2.52 bits per heavy atom. The highest BCUT2D eigenvalue weighted by molar-refractivity contribution is 7.86. The van der Waals surface area contributed by atoms with Gasteiger partial charge in [0, 0.05) is 26.2 Å². The van der Waals surface area contributed by atoms with Crippen molar-refractivity contribution in [2.24, 2.45) is 0 Å². The lowest BCUT2D eigenvalue weighted by Crippen LogP contribution is -2.44. The quantitative estimate of drug-likeness (QED) is 0.831. The Morgan fingerprint density at radius 2 is 1.96 bits per heavy atom. The van der Waals surface area contributed by atoms with Gasteiger partial charge in [-0.05, 0) is 38.7 Å². The molecule has 1 aromatic rings. The number of nitriles is 1. The van der Waals surface area contributed by atoms with E-state index in [-0.39, 0.29) is 18.4 Å². The average molecular weight is 335 g/mol. The van der Waals surface area contributed by atoms with Crippen LogP contribution < -0.4 is 0 Å². The molecule has 2 rings (SSSR count). The molecule has 1 aromatic carbocycles. The molecular weight excluding hydrogens is 310 g/mol. The van der Waals surface area contributed by atoms with Gasteiger partial charge >= 0.3 is 0 Å².